The molecule has 3 heterocycles. The second-order valence-electron chi connectivity index (χ2n) is 6.26. The summed E-state index contributed by atoms with van der Waals surface area (Å²) in [5.74, 6) is 1.48. The number of rotatable bonds is 3. The Balaban J connectivity index is 1.62. The molecular weight excluding hydrogens is 424 g/mol. The Kier molecular flexibility index (Phi) is 3.83. The van der Waals surface area contributed by atoms with E-state index in [1.807, 2.05) is 40.8 Å². The first-order valence-corrected chi connectivity index (χ1v) is 9.27. The summed E-state index contributed by atoms with van der Waals surface area (Å²) in [7, 11) is 1.68. The molecule has 2 aromatic carbocycles. The van der Waals surface area contributed by atoms with Crippen LogP contribution in [-0.2, 0) is 13.7 Å². The molecule has 0 aliphatic carbocycles. The molecule has 0 bridgehead atoms. The minimum Gasteiger partial charge on any atom is -0.469 e. The zero-order valence-electron chi connectivity index (χ0n) is 14.7. The van der Waals surface area contributed by atoms with Crippen LogP contribution in [0.5, 0.6) is 5.88 Å². The molecule has 0 unspecified atom stereocenters. The van der Waals surface area contributed by atoms with E-state index in [4.69, 9.17) is 4.74 Å². The van der Waals surface area contributed by atoms with Gasteiger partial charge in [0.05, 0.1) is 21.8 Å². The third-order valence-corrected chi connectivity index (χ3v) is 5.09. The van der Waals surface area contributed by atoms with Gasteiger partial charge in [0, 0.05) is 11.5 Å². The van der Waals surface area contributed by atoms with Crippen molar-refractivity contribution in [2.24, 2.45) is 7.05 Å². The zero-order valence-corrected chi connectivity index (χ0v) is 16.3. The molecule has 0 saturated carbocycles. The third-order valence-electron chi connectivity index (χ3n) is 4.59. The van der Waals surface area contributed by atoms with Gasteiger partial charge in [0.1, 0.15) is 6.33 Å². The average Bonchev–Trinajstić information content (AvgIpc) is 3.15. The van der Waals surface area contributed by atoms with Gasteiger partial charge < -0.3 is 4.74 Å². The van der Waals surface area contributed by atoms with Crippen LogP contribution in [0.15, 0.2) is 58.1 Å². The molecular formula is C19H13BrN6O2. The number of ether oxygens (including phenoxy) is 1. The van der Waals surface area contributed by atoms with E-state index in [9.17, 15) is 4.79 Å². The highest BCUT2D eigenvalue weighted by Crippen LogP contribution is 2.25. The molecule has 0 aliphatic rings. The molecule has 0 N–H and O–H groups in total. The van der Waals surface area contributed by atoms with Gasteiger partial charge in [0.2, 0.25) is 11.7 Å². The van der Waals surface area contributed by atoms with Crippen LogP contribution in [0.3, 0.4) is 0 Å². The lowest BCUT2D eigenvalue weighted by molar-refractivity contribution is 0.287. The van der Waals surface area contributed by atoms with Gasteiger partial charge in [0.25, 0.3) is 5.56 Å². The number of hydrogen-bond acceptors (Lipinski definition) is 6. The first-order chi connectivity index (χ1) is 13.6. The van der Waals surface area contributed by atoms with Gasteiger partial charge >= 0.3 is 0 Å². The summed E-state index contributed by atoms with van der Waals surface area (Å²) < 4.78 is 10.2. The number of halogens is 1. The Morgan fingerprint density at radius 3 is 2.82 bits per heavy atom. The van der Waals surface area contributed by atoms with Gasteiger partial charge in [-0.15, -0.1) is 10.2 Å². The molecule has 9 heteroatoms. The second kappa shape index (κ2) is 6.38. The van der Waals surface area contributed by atoms with Crippen molar-refractivity contribution in [3.05, 3.63) is 69.4 Å². The number of aromatic nitrogens is 6. The highest BCUT2D eigenvalue weighted by molar-refractivity contribution is 9.10. The van der Waals surface area contributed by atoms with Gasteiger partial charge in [-0.05, 0) is 30.3 Å². The Hall–Kier alpha value is -3.33. The van der Waals surface area contributed by atoms with Crippen molar-refractivity contribution in [1.29, 1.82) is 0 Å². The number of nitrogens with zero attached hydrogens (tertiary/aromatic N) is 6. The lowest BCUT2D eigenvalue weighted by atomic mass is 10.2. The summed E-state index contributed by atoms with van der Waals surface area (Å²) in [6.07, 6.45) is 1.46. The smallest absolute Gasteiger partial charge is 0.262 e. The van der Waals surface area contributed by atoms with Crippen molar-refractivity contribution in [2.45, 2.75) is 6.61 Å². The molecule has 0 amide bonds. The van der Waals surface area contributed by atoms with Crippen LogP contribution in [0.1, 0.15) is 5.82 Å². The van der Waals surface area contributed by atoms with E-state index in [0.717, 1.165) is 20.9 Å². The lowest BCUT2D eigenvalue weighted by Crippen LogP contribution is -2.20. The standard InChI is InChI=1S/C19H13BrN6O2/c1-25-18(27)12-4-2-3-5-15(12)26-16(23-24-19(25)26)9-28-17-13-8-11(20)6-7-14(13)21-10-22-17/h2-8,10H,9H2,1H3. The summed E-state index contributed by atoms with van der Waals surface area (Å²) in [6.45, 7) is 0.141. The Morgan fingerprint density at radius 2 is 1.93 bits per heavy atom. The van der Waals surface area contributed by atoms with Crippen LogP contribution in [0.2, 0.25) is 0 Å². The Morgan fingerprint density at radius 1 is 1.07 bits per heavy atom. The summed E-state index contributed by atoms with van der Waals surface area (Å²) in [4.78, 5) is 21.1. The minimum absolute atomic E-state index is 0.116. The molecule has 0 radical (unpaired) electrons. The summed E-state index contributed by atoms with van der Waals surface area (Å²) in [5.41, 5.74) is 1.40. The van der Waals surface area contributed by atoms with Gasteiger partial charge in [-0.25, -0.2) is 9.97 Å². The topological polar surface area (TPSA) is 87.2 Å². The fraction of sp³-hybridized carbons (Fsp3) is 0.105. The minimum atomic E-state index is -0.116. The molecule has 5 rings (SSSR count). The monoisotopic (exact) mass is 436 g/mol. The van der Waals surface area contributed by atoms with E-state index in [-0.39, 0.29) is 12.2 Å². The van der Waals surface area contributed by atoms with Crippen molar-refractivity contribution in [3.8, 4) is 5.88 Å². The highest BCUT2D eigenvalue weighted by atomic mass is 79.9. The van der Waals surface area contributed by atoms with Crippen molar-refractivity contribution >= 4 is 43.5 Å². The Labute approximate surface area is 166 Å². The van der Waals surface area contributed by atoms with Gasteiger partial charge in [-0.1, -0.05) is 28.1 Å². The SMILES string of the molecule is Cn1c(=O)c2ccccc2n2c(COc3ncnc4ccc(Br)cc34)nnc12. The second-order valence-corrected chi connectivity index (χ2v) is 7.18. The maximum atomic E-state index is 12.5. The fourth-order valence-corrected chi connectivity index (χ4v) is 3.60. The molecule has 0 fully saturated rings. The van der Waals surface area contributed by atoms with E-state index in [2.05, 4.69) is 36.1 Å². The number of aryl methyl sites for hydroxylation is 1. The van der Waals surface area contributed by atoms with E-state index in [0.29, 0.717) is 22.9 Å². The quantitative estimate of drug-likeness (QED) is 0.432. The largest absolute Gasteiger partial charge is 0.469 e. The number of para-hydroxylation sites is 1. The average molecular weight is 437 g/mol. The van der Waals surface area contributed by atoms with E-state index in [1.165, 1.54) is 10.9 Å². The van der Waals surface area contributed by atoms with E-state index in [1.54, 1.807) is 13.1 Å². The first kappa shape index (κ1) is 16.8. The van der Waals surface area contributed by atoms with Crippen LogP contribution >= 0.6 is 15.9 Å². The predicted molar refractivity (Wildman–Crippen MR) is 107 cm³/mol. The molecule has 3 aromatic heterocycles. The number of hydrogen-bond donors (Lipinski definition) is 0. The van der Waals surface area contributed by atoms with Crippen molar-refractivity contribution < 1.29 is 4.74 Å². The van der Waals surface area contributed by atoms with Gasteiger partial charge in [0.15, 0.2) is 12.4 Å². The van der Waals surface area contributed by atoms with Crippen LogP contribution in [0, 0.1) is 0 Å². The van der Waals surface area contributed by atoms with Crippen molar-refractivity contribution in [1.82, 2.24) is 29.1 Å². The van der Waals surface area contributed by atoms with E-state index >= 15 is 0 Å². The maximum Gasteiger partial charge on any atom is 0.262 e. The molecule has 0 saturated heterocycles. The molecule has 8 nitrogen and oxygen atoms in total. The molecule has 28 heavy (non-hydrogen) atoms. The zero-order chi connectivity index (χ0) is 19.3. The van der Waals surface area contributed by atoms with Crippen molar-refractivity contribution in [2.75, 3.05) is 0 Å². The molecule has 0 aliphatic heterocycles. The lowest BCUT2D eigenvalue weighted by Gasteiger charge is -2.09. The highest BCUT2D eigenvalue weighted by Gasteiger charge is 2.15. The van der Waals surface area contributed by atoms with Crippen molar-refractivity contribution in [3.63, 3.8) is 0 Å². The summed E-state index contributed by atoms with van der Waals surface area (Å²) >= 11 is 3.46. The van der Waals surface area contributed by atoms with E-state index < -0.39 is 0 Å². The first-order valence-electron chi connectivity index (χ1n) is 8.48. The molecule has 0 spiro atoms. The molecule has 5 aromatic rings. The summed E-state index contributed by atoms with van der Waals surface area (Å²) in [5, 5.41) is 9.80. The number of fused-ring (bicyclic) bond motifs is 4. The van der Waals surface area contributed by atoms with Gasteiger partial charge in [-0.2, -0.15) is 0 Å². The van der Waals surface area contributed by atoms with Crippen LogP contribution in [-0.4, -0.2) is 29.1 Å². The fourth-order valence-electron chi connectivity index (χ4n) is 3.24. The maximum absolute atomic E-state index is 12.5. The third kappa shape index (κ3) is 2.55. The van der Waals surface area contributed by atoms with Crippen LogP contribution in [0.25, 0.3) is 27.6 Å². The normalized spacial score (nSPS) is 11.5. The predicted octanol–water partition coefficient (Wildman–Crippen LogP) is 2.87. The van der Waals surface area contributed by atoms with Gasteiger partial charge in [-0.3, -0.25) is 13.8 Å². The van der Waals surface area contributed by atoms with Crippen LogP contribution in [0.4, 0.5) is 0 Å². The molecule has 0 atom stereocenters. The Bertz CT molecular complexity index is 1430. The summed E-state index contributed by atoms with van der Waals surface area (Å²) in [6, 6.07) is 13.1. The van der Waals surface area contributed by atoms with Crippen LogP contribution < -0.4 is 10.3 Å². The number of benzene rings is 2. The molecule has 138 valence electrons.